The molecule has 2 amide bonds. The summed E-state index contributed by atoms with van der Waals surface area (Å²) in [7, 11) is 0. The molecule has 0 radical (unpaired) electrons. The maximum Gasteiger partial charge on any atom is 0.253 e. The monoisotopic (exact) mass is 330 g/mol. The summed E-state index contributed by atoms with van der Waals surface area (Å²) < 4.78 is 5.40. The highest BCUT2D eigenvalue weighted by atomic mass is 16.5. The first-order chi connectivity index (χ1) is 11.7. The van der Waals surface area contributed by atoms with E-state index < -0.39 is 0 Å². The van der Waals surface area contributed by atoms with Gasteiger partial charge in [-0.3, -0.25) is 9.59 Å². The van der Waals surface area contributed by atoms with Crippen molar-refractivity contribution in [3.05, 3.63) is 29.8 Å². The Kier molecular flexibility index (Phi) is 5.51. The van der Waals surface area contributed by atoms with Crippen molar-refractivity contribution in [3.8, 4) is 0 Å². The molecule has 2 aliphatic rings. The van der Waals surface area contributed by atoms with Gasteiger partial charge in [0.2, 0.25) is 0 Å². The zero-order valence-corrected chi connectivity index (χ0v) is 14.3. The fraction of sp³-hybridized carbons (Fsp3) is 0.579. The number of anilines is 1. The lowest BCUT2D eigenvalue weighted by Crippen LogP contribution is -2.39. The second-order valence-corrected chi connectivity index (χ2v) is 6.74. The molecule has 5 nitrogen and oxygen atoms in total. The first kappa shape index (κ1) is 17.0. The van der Waals surface area contributed by atoms with Crippen LogP contribution in [0.3, 0.4) is 0 Å². The maximum atomic E-state index is 12.7. The van der Waals surface area contributed by atoms with Gasteiger partial charge in [-0.05, 0) is 49.8 Å². The van der Waals surface area contributed by atoms with E-state index in [1.807, 2.05) is 23.1 Å². The molecular formula is C19H26N2O3. The number of rotatable bonds is 4. The van der Waals surface area contributed by atoms with Crippen molar-refractivity contribution < 1.29 is 14.3 Å². The number of benzene rings is 1. The van der Waals surface area contributed by atoms with Crippen LogP contribution in [0.1, 0.15) is 49.4 Å². The highest BCUT2D eigenvalue weighted by Gasteiger charge is 2.25. The molecule has 24 heavy (non-hydrogen) atoms. The van der Waals surface area contributed by atoms with Crippen LogP contribution < -0.4 is 5.32 Å². The summed E-state index contributed by atoms with van der Waals surface area (Å²) in [5.41, 5.74) is 1.29. The van der Waals surface area contributed by atoms with E-state index in [-0.39, 0.29) is 17.9 Å². The largest absolute Gasteiger partial charge is 0.368 e. The van der Waals surface area contributed by atoms with Gasteiger partial charge < -0.3 is 15.0 Å². The van der Waals surface area contributed by atoms with Gasteiger partial charge in [0, 0.05) is 30.9 Å². The van der Waals surface area contributed by atoms with Crippen molar-refractivity contribution in [2.75, 3.05) is 25.0 Å². The van der Waals surface area contributed by atoms with Crippen LogP contribution in [0.15, 0.2) is 24.3 Å². The molecular weight excluding hydrogens is 304 g/mol. The van der Waals surface area contributed by atoms with Crippen LogP contribution >= 0.6 is 0 Å². The molecule has 2 saturated heterocycles. The lowest BCUT2D eigenvalue weighted by atomic mass is 9.95. The number of hydrogen-bond acceptors (Lipinski definition) is 3. The van der Waals surface area contributed by atoms with Gasteiger partial charge in [-0.15, -0.1) is 0 Å². The predicted octanol–water partition coefficient (Wildman–Crippen LogP) is 3.07. The van der Waals surface area contributed by atoms with Crippen LogP contribution in [0.5, 0.6) is 0 Å². The van der Waals surface area contributed by atoms with Crippen LogP contribution in [-0.4, -0.2) is 42.5 Å². The summed E-state index contributed by atoms with van der Waals surface area (Å²) >= 11 is 0. The molecule has 2 atom stereocenters. The topological polar surface area (TPSA) is 58.6 Å². The number of likely N-dealkylation sites (tertiary alicyclic amines) is 1. The standard InChI is InChI=1S/C19H26N2O3/c1-2-14-6-4-10-21(13-14)19(23)15-7-3-8-16(12-15)20-18(22)17-9-5-11-24-17/h3,7-8,12,14,17H,2,4-6,9-11,13H2,1H3,(H,20,22)/t14-,17-/m1/s1. The van der Waals surface area contributed by atoms with E-state index in [0.717, 1.165) is 38.8 Å². The Morgan fingerprint density at radius 3 is 2.92 bits per heavy atom. The fourth-order valence-corrected chi connectivity index (χ4v) is 3.50. The normalized spacial score (nSPS) is 24.0. The molecule has 0 bridgehead atoms. The zero-order valence-electron chi connectivity index (χ0n) is 14.3. The zero-order chi connectivity index (χ0) is 16.9. The molecule has 0 unspecified atom stereocenters. The van der Waals surface area contributed by atoms with Gasteiger partial charge in [0.15, 0.2) is 0 Å². The van der Waals surface area contributed by atoms with E-state index in [2.05, 4.69) is 12.2 Å². The molecule has 0 aliphatic carbocycles. The van der Waals surface area contributed by atoms with Crippen molar-refractivity contribution in [3.63, 3.8) is 0 Å². The molecule has 1 N–H and O–H groups in total. The van der Waals surface area contributed by atoms with Gasteiger partial charge in [0.1, 0.15) is 6.10 Å². The Morgan fingerprint density at radius 2 is 2.17 bits per heavy atom. The summed E-state index contributed by atoms with van der Waals surface area (Å²) in [5.74, 6) is 0.535. The molecule has 2 heterocycles. The Bertz CT molecular complexity index is 596. The minimum atomic E-state index is -0.364. The molecule has 0 saturated carbocycles. The highest BCUT2D eigenvalue weighted by Crippen LogP contribution is 2.22. The number of ether oxygens (including phenoxy) is 1. The number of nitrogens with zero attached hydrogens (tertiary/aromatic N) is 1. The Labute approximate surface area is 143 Å². The minimum Gasteiger partial charge on any atom is -0.368 e. The number of amides is 2. The van der Waals surface area contributed by atoms with E-state index in [1.165, 1.54) is 6.42 Å². The second-order valence-electron chi connectivity index (χ2n) is 6.74. The van der Waals surface area contributed by atoms with Crippen molar-refractivity contribution in [2.24, 2.45) is 5.92 Å². The van der Waals surface area contributed by atoms with Crippen molar-refractivity contribution in [1.82, 2.24) is 4.90 Å². The van der Waals surface area contributed by atoms with E-state index in [1.54, 1.807) is 6.07 Å². The van der Waals surface area contributed by atoms with E-state index in [9.17, 15) is 9.59 Å². The first-order valence-corrected chi connectivity index (χ1v) is 8.99. The molecule has 2 fully saturated rings. The Morgan fingerprint density at radius 1 is 1.29 bits per heavy atom. The van der Waals surface area contributed by atoms with Crippen LogP contribution in [-0.2, 0) is 9.53 Å². The quantitative estimate of drug-likeness (QED) is 0.923. The van der Waals surface area contributed by atoms with Crippen LogP contribution in [0.25, 0.3) is 0 Å². The van der Waals surface area contributed by atoms with Gasteiger partial charge in [-0.2, -0.15) is 0 Å². The molecule has 0 aromatic heterocycles. The molecule has 3 rings (SSSR count). The fourth-order valence-electron chi connectivity index (χ4n) is 3.50. The van der Waals surface area contributed by atoms with Crippen molar-refractivity contribution in [1.29, 1.82) is 0 Å². The van der Waals surface area contributed by atoms with E-state index in [0.29, 0.717) is 23.8 Å². The third-order valence-corrected chi connectivity index (χ3v) is 4.98. The number of carbonyl (C=O) groups is 2. The summed E-state index contributed by atoms with van der Waals surface area (Å²) in [6.07, 6.45) is 4.70. The summed E-state index contributed by atoms with van der Waals surface area (Å²) in [6.45, 7) is 4.48. The molecule has 5 heteroatoms. The number of piperidine rings is 1. The molecule has 2 aliphatic heterocycles. The van der Waals surface area contributed by atoms with Crippen molar-refractivity contribution >= 4 is 17.5 Å². The summed E-state index contributed by atoms with van der Waals surface area (Å²) in [6, 6.07) is 7.22. The maximum absolute atomic E-state index is 12.7. The smallest absolute Gasteiger partial charge is 0.253 e. The third kappa shape index (κ3) is 3.96. The molecule has 130 valence electrons. The van der Waals surface area contributed by atoms with Gasteiger partial charge >= 0.3 is 0 Å². The Hall–Kier alpha value is -1.88. The van der Waals surface area contributed by atoms with Gasteiger partial charge in [0.05, 0.1) is 0 Å². The van der Waals surface area contributed by atoms with Crippen LogP contribution in [0.2, 0.25) is 0 Å². The highest BCUT2D eigenvalue weighted by molar-refractivity contribution is 5.98. The second kappa shape index (κ2) is 7.79. The molecule has 0 spiro atoms. The van der Waals surface area contributed by atoms with Gasteiger partial charge in [-0.1, -0.05) is 19.4 Å². The molecule has 1 aromatic carbocycles. The lowest BCUT2D eigenvalue weighted by Gasteiger charge is -2.32. The van der Waals surface area contributed by atoms with E-state index in [4.69, 9.17) is 4.74 Å². The number of carbonyl (C=O) groups excluding carboxylic acids is 2. The van der Waals surface area contributed by atoms with Crippen LogP contribution in [0.4, 0.5) is 5.69 Å². The summed E-state index contributed by atoms with van der Waals surface area (Å²) in [5, 5.41) is 2.87. The summed E-state index contributed by atoms with van der Waals surface area (Å²) in [4.78, 5) is 26.8. The SMILES string of the molecule is CC[C@@H]1CCCN(C(=O)c2cccc(NC(=O)[C@H]3CCCO3)c2)C1. The van der Waals surface area contributed by atoms with Gasteiger partial charge in [0.25, 0.3) is 11.8 Å². The van der Waals surface area contributed by atoms with Gasteiger partial charge in [-0.25, -0.2) is 0 Å². The average Bonchev–Trinajstić information content (AvgIpc) is 3.16. The predicted molar refractivity (Wildman–Crippen MR) is 93.0 cm³/mol. The van der Waals surface area contributed by atoms with Crippen LogP contribution in [0, 0.1) is 5.92 Å². The number of hydrogen-bond donors (Lipinski definition) is 1. The van der Waals surface area contributed by atoms with E-state index >= 15 is 0 Å². The average molecular weight is 330 g/mol. The Balaban J connectivity index is 1.65. The minimum absolute atomic E-state index is 0.0568. The van der Waals surface area contributed by atoms with Crippen molar-refractivity contribution in [2.45, 2.75) is 45.1 Å². The first-order valence-electron chi connectivity index (χ1n) is 8.99. The third-order valence-electron chi connectivity index (χ3n) is 4.98. The number of nitrogens with one attached hydrogen (secondary N) is 1. The lowest BCUT2D eigenvalue weighted by molar-refractivity contribution is -0.124. The molecule has 1 aromatic rings.